The van der Waals surface area contributed by atoms with Crippen LogP contribution in [0.4, 0.5) is 5.69 Å². The largest absolute Gasteiger partial charge is 0.478 e. The van der Waals surface area contributed by atoms with E-state index in [1.807, 2.05) is 0 Å². The average Bonchev–Trinajstić information content (AvgIpc) is 2.85. The number of H-pyrrole nitrogens is 1. The molecular weight excluding hydrogens is 282 g/mol. The van der Waals surface area contributed by atoms with Crippen molar-refractivity contribution in [2.24, 2.45) is 0 Å². The van der Waals surface area contributed by atoms with Crippen LogP contribution in [-0.4, -0.2) is 36.5 Å². The monoisotopic (exact) mass is 295 g/mol. The number of aromatic amines is 1. The van der Waals surface area contributed by atoms with Crippen molar-refractivity contribution in [3.8, 4) is 0 Å². The van der Waals surface area contributed by atoms with E-state index in [1.54, 1.807) is 13.0 Å². The maximum Gasteiger partial charge on any atom is 0.337 e. The lowest BCUT2D eigenvalue weighted by atomic mass is 10.2. The number of aryl methyl sites for hydroxylation is 1. The summed E-state index contributed by atoms with van der Waals surface area (Å²) >= 11 is 0. The highest BCUT2D eigenvalue weighted by Crippen LogP contribution is 2.24. The molecule has 1 heterocycles. The van der Waals surface area contributed by atoms with Gasteiger partial charge in [0, 0.05) is 7.05 Å². The molecule has 0 unspecified atom stereocenters. The molecule has 2 rings (SSSR count). The second kappa shape index (κ2) is 4.97. The number of carbonyl (C=O) groups is 1. The SMILES string of the molecule is Cc1ncc(S(=O)(=O)N(C)c2ccccc2C(=O)O)[nH]1. The molecule has 0 saturated heterocycles. The summed E-state index contributed by atoms with van der Waals surface area (Å²) in [6.07, 6.45) is 1.20. The summed E-state index contributed by atoms with van der Waals surface area (Å²) < 4.78 is 25.7. The van der Waals surface area contributed by atoms with Crippen LogP contribution < -0.4 is 4.31 Å². The fourth-order valence-corrected chi connectivity index (χ4v) is 2.91. The number of carboxylic acid groups (broad SMARTS) is 1. The van der Waals surface area contributed by atoms with Crippen LogP contribution >= 0.6 is 0 Å². The first kappa shape index (κ1) is 14.1. The third-order valence-electron chi connectivity index (χ3n) is 2.79. The van der Waals surface area contributed by atoms with Crippen LogP contribution in [0.3, 0.4) is 0 Å². The zero-order chi connectivity index (χ0) is 14.9. The lowest BCUT2D eigenvalue weighted by Crippen LogP contribution is -2.28. The Balaban J connectivity index is 2.51. The summed E-state index contributed by atoms with van der Waals surface area (Å²) in [7, 11) is -2.58. The molecule has 0 aliphatic carbocycles. The van der Waals surface area contributed by atoms with Crippen LogP contribution in [0.2, 0.25) is 0 Å². The first-order valence-corrected chi connectivity index (χ1v) is 7.11. The number of nitrogens with zero attached hydrogens (tertiary/aromatic N) is 2. The number of carboxylic acids is 1. The van der Waals surface area contributed by atoms with Crippen molar-refractivity contribution in [3.05, 3.63) is 41.9 Å². The Bertz CT molecular complexity index is 752. The maximum absolute atomic E-state index is 12.4. The minimum absolute atomic E-state index is 0.0855. The molecule has 0 radical (unpaired) electrons. The normalized spacial score (nSPS) is 11.3. The van der Waals surface area contributed by atoms with Gasteiger partial charge in [-0.25, -0.2) is 9.78 Å². The second-order valence-corrected chi connectivity index (χ2v) is 6.07. The number of aromatic nitrogens is 2. The van der Waals surface area contributed by atoms with E-state index in [9.17, 15) is 13.2 Å². The van der Waals surface area contributed by atoms with Crippen LogP contribution in [0.5, 0.6) is 0 Å². The molecule has 8 heteroatoms. The van der Waals surface area contributed by atoms with Gasteiger partial charge in [-0.15, -0.1) is 0 Å². The topological polar surface area (TPSA) is 103 Å². The zero-order valence-corrected chi connectivity index (χ0v) is 11.7. The Morgan fingerprint density at radius 3 is 2.55 bits per heavy atom. The fourth-order valence-electron chi connectivity index (χ4n) is 1.74. The first-order valence-electron chi connectivity index (χ1n) is 5.67. The van der Waals surface area contributed by atoms with Crippen molar-refractivity contribution in [1.82, 2.24) is 9.97 Å². The van der Waals surface area contributed by atoms with Crippen LogP contribution in [0, 0.1) is 6.92 Å². The summed E-state index contributed by atoms with van der Waals surface area (Å²) in [6, 6.07) is 5.89. The van der Waals surface area contributed by atoms with Gasteiger partial charge in [-0.1, -0.05) is 12.1 Å². The Morgan fingerprint density at radius 1 is 1.35 bits per heavy atom. The molecular formula is C12H13N3O4S. The molecule has 106 valence electrons. The van der Waals surface area contributed by atoms with Gasteiger partial charge in [0.1, 0.15) is 5.82 Å². The molecule has 0 fully saturated rings. The van der Waals surface area contributed by atoms with Gasteiger partial charge in [0.25, 0.3) is 10.0 Å². The lowest BCUT2D eigenvalue weighted by Gasteiger charge is -2.20. The van der Waals surface area contributed by atoms with Gasteiger partial charge in [0.05, 0.1) is 17.4 Å². The second-order valence-electron chi connectivity index (χ2n) is 4.13. The molecule has 0 saturated carbocycles. The number of hydrogen-bond donors (Lipinski definition) is 2. The molecule has 2 N–H and O–H groups in total. The number of hydrogen-bond acceptors (Lipinski definition) is 4. The van der Waals surface area contributed by atoms with Crippen LogP contribution in [-0.2, 0) is 10.0 Å². The third kappa shape index (κ3) is 2.37. The van der Waals surface area contributed by atoms with Crippen LogP contribution in [0.25, 0.3) is 0 Å². The van der Waals surface area contributed by atoms with Crippen LogP contribution in [0.1, 0.15) is 16.2 Å². The van der Waals surface area contributed by atoms with Crippen molar-refractivity contribution in [2.75, 3.05) is 11.4 Å². The first-order chi connectivity index (χ1) is 9.34. The quantitative estimate of drug-likeness (QED) is 0.883. The minimum Gasteiger partial charge on any atom is -0.478 e. The van der Waals surface area contributed by atoms with E-state index in [-0.39, 0.29) is 16.3 Å². The van der Waals surface area contributed by atoms with E-state index in [0.29, 0.717) is 5.82 Å². The molecule has 0 atom stereocenters. The number of rotatable bonds is 4. The number of nitrogens with one attached hydrogen (secondary N) is 1. The highest BCUT2D eigenvalue weighted by Gasteiger charge is 2.26. The summed E-state index contributed by atoms with van der Waals surface area (Å²) in [4.78, 5) is 17.6. The van der Waals surface area contributed by atoms with E-state index in [2.05, 4.69) is 9.97 Å². The van der Waals surface area contributed by atoms with Gasteiger partial charge >= 0.3 is 5.97 Å². The number of anilines is 1. The molecule has 7 nitrogen and oxygen atoms in total. The maximum atomic E-state index is 12.4. The van der Waals surface area contributed by atoms with Crippen LogP contribution in [0.15, 0.2) is 35.5 Å². The summed E-state index contributed by atoms with van der Waals surface area (Å²) in [5.41, 5.74) is 0.00191. The van der Waals surface area contributed by atoms with Crippen molar-refractivity contribution in [2.45, 2.75) is 11.9 Å². The van der Waals surface area contributed by atoms with Gasteiger partial charge in [0.15, 0.2) is 5.03 Å². The highest BCUT2D eigenvalue weighted by molar-refractivity contribution is 7.92. The Kier molecular flexibility index (Phi) is 3.49. The fraction of sp³-hybridized carbons (Fsp3) is 0.167. The molecule has 1 aromatic carbocycles. The Hall–Kier alpha value is -2.35. The smallest absolute Gasteiger partial charge is 0.337 e. The number of imidazole rings is 1. The zero-order valence-electron chi connectivity index (χ0n) is 10.9. The number of sulfonamides is 1. The van der Waals surface area contributed by atoms with Gasteiger partial charge in [-0.3, -0.25) is 4.31 Å². The number of para-hydroxylation sites is 1. The van der Waals surface area contributed by atoms with Crippen molar-refractivity contribution in [3.63, 3.8) is 0 Å². The van der Waals surface area contributed by atoms with Gasteiger partial charge in [-0.05, 0) is 19.1 Å². The Morgan fingerprint density at radius 2 is 2.00 bits per heavy atom. The van der Waals surface area contributed by atoms with E-state index in [1.165, 1.54) is 31.4 Å². The van der Waals surface area contributed by atoms with Gasteiger partial charge < -0.3 is 10.1 Å². The minimum atomic E-state index is -3.88. The summed E-state index contributed by atoms with van der Waals surface area (Å²) in [6.45, 7) is 1.63. The molecule has 20 heavy (non-hydrogen) atoms. The number of benzene rings is 1. The molecule has 1 aromatic heterocycles. The van der Waals surface area contributed by atoms with E-state index >= 15 is 0 Å². The third-order valence-corrected chi connectivity index (χ3v) is 4.47. The molecule has 0 bridgehead atoms. The molecule has 0 amide bonds. The summed E-state index contributed by atoms with van der Waals surface area (Å²) in [5.74, 6) is -0.730. The van der Waals surface area contributed by atoms with Crippen molar-refractivity contribution < 1.29 is 18.3 Å². The Labute approximate surface area is 115 Å². The lowest BCUT2D eigenvalue weighted by molar-refractivity contribution is 0.0698. The van der Waals surface area contributed by atoms with Crippen molar-refractivity contribution >= 4 is 21.7 Å². The molecule has 2 aromatic rings. The van der Waals surface area contributed by atoms with E-state index < -0.39 is 16.0 Å². The van der Waals surface area contributed by atoms with E-state index in [0.717, 1.165) is 4.31 Å². The summed E-state index contributed by atoms with van der Waals surface area (Å²) in [5, 5.41) is 9.03. The predicted octanol–water partition coefficient (Wildman–Crippen LogP) is 1.24. The van der Waals surface area contributed by atoms with Gasteiger partial charge in [-0.2, -0.15) is 8.42 Å². The van der Waals surface area contributed by atoms with Crippen molar-refractivity contribution in [1.29, 1.82) is 0 Å². The molecule has 0 spiro atoms. The number of aromatic carboxylic acids is 1. The highest BCUT2D eigenvalue weighted by atomic mass is 32.2. The molecule has 0 aliphatic heterocycles. The standard InChI is InChI=1S/C12H13N3O4S/c1-8-13-7-11(14-8)20(18,19)15(2)10-6-4-3-5-9(10)12(16)17/h3-7H,1-2H3,(H,13,14)(H,16,17). The predicted molar refractivity (Wildman–Crippen MR) is 72.3 cm³/mol. The average molecular weight is 295 g/mol. The van der Waals surface area contributed by atoms with E-state index in [4.69, 9.17) is 5.11 Å². The van der Waals surface area contributed by atoms with Gasteiger partial charge in [0.2, 0.25) is 0 Å². The molecule has 0 aliphatic rings.